The van der Waals surface area contributed by atoms with Crippen molar-refractivity contribution < 1.29 is 19.5 Å². The van der Waals surface area contributed by atoms with Gasteiger partial charge in [-0.1, -0.05) is 0 Å². The zero-order chi connectivity index (χ0) is 13.8. The number of hydrogen-bond acceptors (Lipinski definition) is 4. The van der Waals surface area contributed by atoms with Crippen LogP contribution < -0.4 is 10.6 Å². The molecule has 100 valence electrons. The van der Waals surface area contributed by atoms with Crippen molar-refractivity contribution in [2.24, 2.45) is 5.92 Å². The number of carboxylic acid groups (broad SMARTS) is 1. The molecule has 1 saturated heterocycles. The predicted molar refractivity (Wildman–Crippen MR) is 65.3 cm³/mol. The molecule has 1 fully saturated rings. The van der Waals surface area contributed by atoms with E-state index in [-0.39, 0.29) is 30.6 Å². The highest BCUT2D eigenvalue weighted by molar-refractivity contribution is 5.97. The molecule has 2 heterocycles. The van der Waals surface area contributed by atoms with E-state index in [0.29, 0.717) is 17.9 Å². The number of aromatic nitrogens is 1. The Morgan fingerprint density at radius 3 is 2.79 bits per heavy atom. The van der Waals surface area contributed by atoms with Gasteiger partial charge in [0.2, 0.25) is 11.8 Å². The Kier molecular flexibility index (Phi) is 3.74. The van der Waals surface area contributed by atoms with E-state index in [1.165, 1.54) is 6.20 Å². The van der Waals surface area contributed by atoms with E-state index in [0.717, 1.165) is 0 Å². The number of aliphatic carboxylic acids is 1. The highest BCUT2D eigenvalue weighted by atomic mass is 16.4. The lowest BCUT2D eigenvalue weighted by atomic mass is 10.1. The van der Waals surface area contributed by atoms with E-state index >= 15 is 0 Å². The van der Waals surface area contributed by atoms with Gasteiger partial charge in [0.15, 0.2) is 0 Å². The fourth-order valence-corrected chi connectivity index (χ4v) is 1.79. The van der Waals surface area contributed by atoms with E-state index in [1.807, 2.05) is 0 Å². The number of nitrogens with zero attached hydrogens (tertiary/aromatic N) is 1. The number of rotatable bonds is 4. The monoisotopic (exact) mass is 263 g/mol. The van der Waals surface area contributed by atoms with Gasteiger partial charge in [-0.15, -0.1) is 0 Å². The van der Waals surface area contributed by atoms with Crippen molar-refractivity contribution in [1.82, 2.24) is 10.3 Å². The second-order valence-electron chi connectivity index (χ2n) is 4.30. The Bertz CT molecular complexity index is 512. The summed E-state index contributed by atoms with van der Waals surface area (Å²) >= 11 is 0. The lowest BCUT2D eigenvalue weighted by Crippen LogP contribution is -2.24. The molecule has 19 heavy (non-hydrogen) atoms. The van der Waals surface area contributed by atoms with E-state index in [2.05, 4.69) is 15.6 Å². The number of amides is 2. The molecule has 2 rings (SSSR count). The van der Waals surface area contributed by atoms with Gasteiger partial charge in [-0.25, -0.2) is 0 Å². The molecule has 1 unspecified atom stereocenters. The summed E-state index contributed by atoms with van der Waals surface area (Å²) in [4.78, 5) is 37.2. The summed E-state index contributed by atoms with van der Waals surface area (Å²) in [6.07, 6.45) is 1.44. The molecule has 0 aliphatic carbocycles. The van der Waals surface area contributed by atoms with Crippen LogP contribution in [0.25, 0.3) is 0 Å². The van der Waals surface area contributed by atoms with Crippen molar-refractivity contribution in [3.63, 3.8) is 0 Å². The van der Waals surface area contributed by atoms with Crippen molar-refractivity contribution in [3.05, 3.63) is 24.0 Å². The third-order valence-corrected chi connectivity index (χ3v) is 2.77. The third kappa shape index (κ3) is 3.51. The van der Waals surface area contributed by atoms with Crippen LogP contribution in [0.1, 0.15) is 12.1 Å². The van der Waals surface area contributed by atoms with Gasteiger partial charge in [0.05, 0.1) is 29.9 Å². The van der Waals surface area contributed by atoms with E-state index in [9.17, 15) is 14.4 Å². The number of carbonyl (C=O) groups excluding carboxylic acids is 2. The molecule has 1 atom stereocenters. The lowest BCUT2D eigenvalue weighted by molar-refractivity contribution is -0.136. The molecule has 0 saturated carbocycles. The lowest BCUT2D eigenvalue weighted by Gasteiger charge is -2.09. The third-order valence-electron chi connectivity index (χ3n) is 2.77. The summed E-state index contributed by atoms with van der Waals surface area (Å²) < 4.78 is 0. The number of pyridine rings is 1. The first-order valence-electron chi connectivity index (χ1n) is 5.79. The van der Waals surface area contributed by atoms with Gasteiger partial charge < -0.3 is 15.7 Å². The minimum Gasteiger partial charge on any atom is -0.481 e. The Hall–Kier alpha value is -2.44. The molecule has 3 N–H and O–H groups in total. The predicted octanol–water partition coefficient (Wildman–Crippen LogP) is -0.217. The number of hydrogen-bond donors (Lipinski definition) is 3. The van der Waals surface area contributed by atoms with Crippen LogP contribution >= 0.6 is 0 Å². The molecule has 0 spiro atoms. The molecule has 1 aliphatic heterocycles. The fourth-order valence-electron chi connectivity index (χ4n) is 1.79. The average Bonchev–Trinajstić information content (AvgIpc) is 2.78. The Morgan fingerprint density at radius 1 is 1.47 bits per heavy atom. The van der Waals surface area contributed by atoms with Crippen LogP contribution in [-0.2, 0) is 20.8 Å². The first-order valence-corrected chi connectivity index (χ1v) is 5.79. The molecule has 1 aromatic heterocycles. The van der Waals surface area contributed by atoms with Crippen LogP contribution in [0.5, 0.6) is 0 Å². The van der Waals surface area contributed by atoms with Crippen molar-refractivity contribution >= 4 is 23.5 Å². The number of anilines is 1. The van der Waals surface area contributed by atoms with Gasteiger partial charge in [0, 0.05) is 13.0 Å². The smallest absolute Gasteiger partial charge is 0.309 e. The SMILES string of the molecule is O=C(O)Cc1ccc(NC(=O)C2CNC(=O)C2)cn1. The van der Waals surface area contributed by atoms with Crippen LogP contribution in [0.3, 0.4) is 0 Å². The van der Waals surface area contributed by atoms with Gasteiger partial charge in [-0.05, 0) is 12.1 Å². The van der Waals surface area contributed by atoms with Gasteiger partial charge in [0.25, 0.3) is 0 Å². The van der Waals surface area contributed by atoms with Gasteiger partial charge in [-0.3, -0.25) is 19.4 Å². The highest BCUT2D eigenvalue weighted by Gasteiger charge is 2.27. The molecular formula is C12H13N3O4. The maximum absolute atomic E-state index is 11.8. The van der Waals surface area contributed by atoms with Gasteiger partial charge >= 0.3 is 5.97 Å². The zero-order valence-corrected chi connectivity index (χ0v) is 10.0. The van der Waals surface area contributed by atoms with Crippen molar-refractivity contribution in [3.8, 4) is 0 Å². The molecule has 1 aliphatic rings. The topological polar surface area (TPSA) is 108 Å². The summed E-state index contributed by atoms with van der Waals surface area (Å²) in [5, 5.41) is 13.8. The number of nitrogens with one attached hydrogen (secondary N) is 2. The standard InChI is InChI=1S/C12H13N3O4/c16-10-3-7(5-14-10)12(19)15-9-2-1-8(13-6-9)4-11(17)18/h1-2,6-7H,3-5H2,(H,14,16)(H,15,19)(H,17,18). The summed E-state index contributed by atoms with van der Waals surface area (Å²) in [5.41, 5.74) is 0.904. The fraction of sp³-hybridized carbons (Fsp3) is 0.333. The first-order chi connectivity index (χ1) is 9.04. The Labute approximate surface area is 109 Å². The van der Waals surface area contributed by atoms with Gasteiger partial charge in [0.1, 0.15) is 0 Å². The normalized spacial score (nSPS) is 17.9. The molecule has 1 aromatic rings. The number of carboxylic acids is 1. The molecule has 0 aromatic carbocycles. The maximum atomic E-state index is 11.8. The first kappa shape index (κ1) is 13.0. The largest absolute Gasteiger partial charge is 0.481 e. The average molecular weight is 263 g/mol. The summed E-state index contributed by atoms with van der Waals surface area (Å²) in [6.45, 7) is 0.342. The van der Waals surface area contributed by atoms with Crippen LogP contribution in [0.4, 0.5) is 5.69 Å². The van der Waals surface area contributed by atoms with Crippen molar-refractivity contribution in [2.45, 2.75) is 12.8 Å². The zero-order valence-electron chi connectivity index (χ0n) is 10.0. The van der Waals surface area contributed by atoms with Gasteiger partial charge in [-0.2, -0.15) is 0 Å². The summed E-state index contributed by atoms with van der Waals surface area (Å²) in [7, 11) is 0. The Morgan fingerprint density at radius 2 is 2.26 bits per heavy atom. The van der Waals surface area contributed by atoms with Crippen LogP contribution in [0, 0.1) is 5.92 Å². The molecule has 0 bridgehead atoms. The second kappa shape index (κ2) is 5.47. The maximum Gasteiger partial charge on any atom is 0.309 e. The van der Waals surface area contributed by atoms with E-state index in [1.54, 1.807) is 12.1 Å². The second-order valence-corrected chi connectivity index (χ2v) is 4.30. The summed E-state index contributed by atoms with van der Waals surface area (Å²) in [6, 6.07) is 3.13. The molecule has 7 nitrogen and oxygen atoms in total. The van der Waals surface area contributed by atoms with Crippen LogP contribution in [0.15, 0.2) is 18.3 Å². The molecule has 2 amide bonds. The minimum absolute atomic E-state index is 0.130. The van der Waals surface area contributed by atoms with Crippen LogP contribution in [-0.4, -0.2) is 34.4 Å². The number of carbonyl (C=O) groups is 3. The quantitative estimate of drug-likeness (QED) is 0.696. The summed E-state index contributed by atoms with van der Waals surface area (Å²) in [5.74, 6) is -1.70. The molecule has 0 radical (unpaired) electrons. The Balaban J connectivity index is 1.94. The molecule has 7 heteroatoms. The van der Waals surface area contributed by atoms with Crippen LogP contribution in [0.2, 0.25) is 0 Å². The minimum atomic E-state index is -0.958. The van der Waals surface area contributed by atoms with E-state index in [4.69, 9.17) is 5.11 Å². The van der Waals surface area contributed by atoms with E-state index < -0.39 is 5.97 Å². The van der Waals surface area contributed by atoms with Crippen molar-refractivity contribution in [2.75, 3.05) is 11.9 Å². The molecular weight excluding hydrogens is 250 g/mol. The van der Waals surface area contributed by atoms with Crippen molar-refractivity contribution in [1.29, 1.82) is 0 Å². The highest BCUT2D eigenvalue weighted by Crippen LogP contribution is 2.13.